The van der Waals surface area contributed by atoms with Crippen molar-refractivity contribution >= 4 is 43.5 Å². The van der Waals surface area contributed by atoms with Crippen molar-refractivity contribution in [2.24, 2.45) is 0 Å². The van der Waals surface area contributed by atoms with Gasteiger partial charge in [0.15, 0.2) is 11.6 Å². The molecule has 156 valence electrons. The molecule has 1 aliphatic rings. The van der Waals surface area contributed by atoms with E-state index in [1.807, 2.05) is 31.3 Å². The maximum Gasteiger partial charge on any atom is 0.251 e. The lowest BCUT2D eigenvalue weighted by atomic mass is 10.2. The lowest BCUT2D eigenvalue weighted by Crippen LogP contribution is -2.36. The number of morpholine rings is 1. The standard InChI is InChI=1S/C20H20Br2N6O2/c1-13(26-20(29)14-8-15(21)10-16(22)9-14)19-24-12-25-28(19)18-3-2-17(11-23-18)27-4-6-30-7-5-27/h2-3,8-13H,4-7H2,1H3,(H,26,29)/t13-/m0/s1. The van der Waals surface area contributed by atoms with Gasteiger partial charge in [0.25, 0.3) is 5.91 Å². The first-order chi connectivity index (χ1) is 14.5. The number of halogens is 2. The number of anilines is 1. The van der Waals surface area contributed by atoms with Gasteiger partial charge in [0.2, 0.25) is 0 Å². The van der Waals surface area contributed by atoms with Crippen LogP contribution >= 0.6 is 31.9 Å². The smallest absolute Gasteiger partial charge is 0.251 e. The molecule has 1 saturated heterocycles. The molecule has 30 heavy (non-hydrogen) atoms. The fraction of sp³-hybridized carbons (Fsp3) is 0.300. The number of rotatable bonds is 5. The molecule has 3 heterocycles. The van der Waals surface area contributed by atoms with Gasteiger partial charge in [0.05, 0.1) is 31.1 Å². The molecule has 0 unspecified atom stereocenters. The maximum absolute atomic E-state index is 12.7. The SMILES string of the molecule is C[C@H](NC(=O)c1cc(Br)cc(Br)c1)c1ncnn1-c1ccc(N2CCOCC2)cn1. The summed E-state index contributed by atoms with van der Waals surface area (Å²) in [6.07, 6.45) is 3.29. The zero-order chi connectivity index (χ0) is 21.1. The number of nitrogens with one attached hydrogen (secondary N) is 1. The summed E-state index contributed by atoms with van der Waals surface area (Å²) in [6, 6.07) is 8.97. The van der Waals surface area contributed by atoms with E-state index in [1.165, 1.54) is 6.33 Å². The van der Waals surface area contributed by atoms with Crippen molar-refractivity contribution in [1.82, 2.24) is 25.1 Å². The maximum atomic E-state index is 12.7. The summed E-state index contributed by atoms with van der Waals surface area (Å²) in [5.74, 6) is 1.05. The molecule has 10 heteroatoms. The third kappa shape index (κ3) is 4.71. The molecule has 3 aromatic rings. The van der Waals surface area contributed by atoms with Gasteiger partial charge in [-0.05, 0) is 37.3 Å². The number of ether oxygens (including phenoxy) is 1. The van der Waals surface area contributed by atoms with Crippen LogP contribution in [0.25, 0.3) is 5.82 Å². The fourth-order valence-corrected chi connectivity index (χ4v) is 4.56. The molecule has 0 saturated carbocycles. The monoisotopic (exact) mass is 534 g/mol. The highest BCUT2D eigenvalue weighted by molar-refractivity contribution is 9.11. The van der Waals surface area contributed by atoms with E-state index in [0.29, 0.717) is 17.2 Å². The molecule has 1 amide bonds. The molecule has 4 rings (SSSR count). The highest BCUT2D eigenvalue weighted by Crippen LogP contribution is 2.22. The number of pyridine rings is 1. The number of benzene rings is 1. The minimum absolute atomic E-state index is 0.199. The van der Waals surface area contributed by atoms with Crippen molar-refractivity contribution in [2.75, 3.05) is 31.2 Å². The molecule has 1 atom stereocenters. The van der Waals surface area contributed by atoms with Crippen LogP contribution in [0.3, 0.4) is 0 Å². The Labute approximate surface area is 190 Å². The lowest BCUT2D eigenvalue weighted by Gasteiger charge is -2.28. The van der Waals surface area contributed by atoms with Crippen molar-refractivity contribution in [2.45, 2.75) is 13.0 Å². The Morgan fingerprint density at radius 2 is 1.87 bits per heavy atom. The normalized spacial score (nSPS) is 15.1. The van der Waals surface area contributed by atoms with Crippen molar-refractivity contribution in [3.8, 4) is 5.82 Å². The zero-order valence-electron chi connectivity index (χ0n) is 16.3. The first-order valence-electron chi connectivity index (χ1n) is 9.47. The lowest BCUT2D eigenvalue weighted by molar-refractivity contribution is 0.0937. The number of amides is 1. The third-order valence-electron chi connectivity index (χ3n) is 4.76. The Balaban J connectivity index is 1.50. The molecule has 1 N–H and O–H groups in total. The molecule has 0 aliphatic carbocycles. The Hall–Kier alpha value is -2.30. The van der Waals surface area contributed by atoms with Gasteiger partial charge in [-0.3, -0.25) is 4.79 Å². The van der Waals surface area contributed by atoms with E-state index in [2.05, 4.69) is 57.1 Å². The minimum Gasteiger partial charge on any atom is -0.378 e. The van der Waals surface area contributed by atoms with Crippen LogP contribution in [0.2, 0.25) is 0 Å². The summed E-state index contributed by atoms with van der Waals surface area (Å²) in [5.41, 5.74) is 1.59. The van der Waals surface area contributed by atoms with Crippen LogP contribution in [0.4, 0.5) is 5.69 Å². The Bertz CT molecular complexity index is 1010. The van der Waals surface area contributed by atoms with Crippen LogP contribution in [-0.4, -0.2) is 52.0 Å². The van der Waals surface area contributed by atoms with Gasteiger partial charge in [0, 0.05) is 27.6 Å². The van der Waals surface area contributed by atoms with Gasteiger partial charge in [-0.1, -0.05) is 31.9 Å². The Morgan fingerprint density at radius 3 is 2.53 bits per heavy atom. The van der Waals surface area contributed by atoms with Crippen LogP contribution in [0.15, 0.2) is 51.8 Å². The van der Waals surface area contributed by atoms with Crippen molar-refractivity contribution < 1.29 is 9.53 Å². The number of aromatic nitrogens is 4. The van der Waals surface area contributed by atoms with E-state index in [9.17, 15) is 4.79 Å². The fourth-order valence-electron chi connectivity index (χ4n) is 3.26. The Morgan fingerprint density at radius 1 is 1.13 bits per heavy atom. The molecular weight excluding hydrogens is 516 g/mol. The average Bonchev–Trinajstić information content (AvgIpc) is 3.24. The predicted octanol–water partition coefficient (Wildman–Crippen LogP) is 3.51. The molecule has 0 bridgehead atoms. The Kier molecular flexibility index (Phi) is 6.45. The van der Waals surface area contributed by atoms with E-state index < -0.39 is 0 Å². The van der Waals surface area contributed by atoms with Crippen molar-refractivity contribution in [3.63, 3.8) is 0 Å². The average molecular weight is 536 g/mol. The summed E-state index contributed by atoms with van der Waals surface area (Å²) in [5, 5.41) is 7.27. The molecule has 1 aliphatic heterocycles. The van der Waals surface area contributed by atoms with Crippen LogP contribution in [0, 0.1) is 0 Å². The van der Waals surface area contributed by atoms with Gasteiger partial charge in [0.1, 0.15) is 6.33 Å². The number of nitrogens with zero attached hydrogens (tertiary/aromatic N) is 5. The topological polar surface area (TPSA) is 85.2 Å². The van der Waals surface area contributed by atoms with Crippen LogP contribution in [0.1, 0.15) is 29.1 Å². The van der Waals surface area contributed by atoms with E-state index in [1.54, 1.807) is 16.8 Å². The van der Waals surface area contributed by atoms with E-state index in [4.69, 9.17) is 4.74 Å². The third-order valence-corrected chi connectivity index (χ3v) is 5.67. The summed E-state index contributed by atoms with van der Waals surface area (Å²) < 4.78 is 8.69. The quantitative estimate of drug-likeness (QED) is 0.538. The zero-order valence-corrected chi connectivity index (χ0v) is 19.4. The molecule has 0 spiro atoms. The number of carbonyl (C=O) groups is 1. The predicted molar refractivity (Wildman–Crippen MR) is 120 cm³/mol. The molecule has 1 aromatic carbocycles. The number of hydrogen-bond acceptors (Lipinski definition) is 6. The van der Waals surface area contributed by atoms with Gasteiger partial charge >= 0.3 is 0 Å². The molecule has 0 radical (unpaired) electrons. The summed E-state index contributed by atoms with van der Waals surface area (Å²) >= 11 is 6.82. The highest BCUT2D eigenvalue weighted by atomic mass is 79.9. The summed E-state index contributed by atoms with van der Waals surface area (Å²) in [6.45, 7) is 5.02. The van der Waals surface area contributed by atoms with E-state index in [0.717, 1.165) is 40.9 Å². The molecular formula is C20H20Br2N6O2. The first kappa shape index (κ1) is 21.0. The molecule has 8 nitrogen and oxygen atoms in total. The summed E-state index contributed by atoms with van der Waals surface area (Å²) in [7, 11) is 0. The van der Waals surface area contributed by atoms with Crippen LogP contribution in [0.5, 0.6) is 0 Å². The number of carbonyl (C=O) groups excluding carboxylic acids is 1. The van der Waals surface area contributed by atoms with Crippen molar-refractivity contribution in [3.05, 3.63) is 63.2 Å². The number of hydrogen-bond donors (Lipinski definition) is 1. The second kappa shape index (κ2) is 9.23. The van der Waals surface area contributed by atoms with Gasteiger partial charge < -0.3 is 15.0 Å². The van der Waals surface area contributed by atoms with E-state index in [-0.39, 0.29) is 11.9 Å². The molecule has 2 aromatic heterocycles. The second-order valence-corrected chi connectivity index (χ2v) is 8.69. The van der Waals surface area contributed by atoms with Crippen molar-refractivity contribution in [1.29, 1.82) is 0 Å². The van der Waals surface area contributed by atoms with Crippen LogP contribution < -0.4 is 10.2 Å². The van der Waals surface area contributed by atoms with E-state index >= 15 is 0 Å². The second-order valence-electron chi connectivity index (χ2n) is 6.86. The molecule has 1 fully saturated rings. The largest absolute Gasteiger partial charge is 0.378 e. The highest BCUT2D eigenvalue weighted by Gasteiger charge is 2.19. The van der Waals surface area contributed by atoms with Gasteiger partial charge in [-0.25, -0.2) is 9.97 Å². The first-order valence-corrected chi connectivity index (χ1v) is 11.1. The van der Waals surface area contributed by atoms with Gasteiger partial charge in [-0.15, -0.1) is 0 Å². The minimum atomic E-state index is -0.363. The van der Waals surface area contributed by atoms with Crippen LogP contribution in [-0.2, 0) is 4.74 Å². The summed E-state index contributed by atoms with van der Waals surface area (Å²) in [4.78, 5) is 23.8. The van der Waals surface area contributed by atoms with Gasteiger partial charge in [-0.2, -0.15) is 9.78 Å².